The first-order valence-corrected chi connectivity index (χ1v) is 7.63. The van der Waals surface area contributed by atoms with Crippen LogP contribution < -0.4 is 5.32 Å². The normalized spacial score (nSPS) is 20.1. The smallest absolute Gasteiger partial charge is 0.319 e. The summed E-state index contributed by atoms with van der Waals surface area (Å²) in [5, 5.41) is 3.17. The van der Waals surface area contributed by atoms with Crippen LogP contribution in [0.1, 0.15) is 50.7 Å². The molecule has 0 aromatic heterocycles. The average molecular weight is 299 g/mol. The maximum absolute atomic E-state index is 12.9. The number of nitrogens with one attached hydrogen (secondary N) is 1. The Labute approximate surface area is 124 Å². The number of likely N-dealkylation sites (N-methyl/N-ethyl adjacent to an activating group) is 1. The Morgan fingerprint density at radius 2 is 1.76 bits per heavy atom. The standard InChI is InChI=1S/C17H24F3N/c1-4-15(5-2)10-16(11-15,12-21-3)13-7-6-8-14(9-13)17(18,19)20/h6-9,21H,4-5,10-12H2,1-3H3. The molecule has 21 heavy (non-hydrogen) atoms. The molecule has 1 N–H and O–H groups in total. The molecule has 1 nitrogen and oxygen atoms in total. The van der Waals surface area contributed by atoms with E-state index in [1.807, 2.05) is 13.1 Å². The highest BCUT2D eigenvalue weighted by molar-refractivity contribution is 5.35. The van der Waals surface area contributed by atoms with Gasteiger partial charge in [-0.2, -0.15) is 13.2 Å². The quantitative estimate of drug-likeness (QED) is 0.826. The molecule has 118 valence electrons. The van der Waals surface area contributed by atoms with Gasteiger partial charge in [0.15, 0.2) is 0 Å². The van der Waals surface area contributed by atoms with E-state index in [2.05, 4.69) is 19.2 Å². The van der Waals surface area contributed by atoms with Crippen LogP contribution in [0.15, 0.2) is 24.3 Å². The van der Waals surface area contributed by atoms with Crippen LogP contribution in [0.2, 0.25) is 0 Å². The predicted octanol–water partition coefficient (Wildman–Crippen LogP) is 4.76. The van der Waals surface area contributed by atoms with Gasteiger partial charge >= 0.3 is 6.18 Å². The van der Waals surface area contributed by atoms with E-state index in [1.54, 1.807) is 0 Å². The lowest BCUT2D eigenvalue weighted by Crippen LogP contribution is -2.54. The lowest BCUT2D eigenvalue weighted by molar-refractivity contribution is -0.137. The lowest BCUT2D eigenvalue weighted by atomic mass is 9.48. The number of halogens is 3. The first-order chi connectivity index (χ1) is 9.81. The van der Waals surface area contributed by atoms with Gasteiger partial charge < -0.3 is 5.32 Å². The molecule has 1 aromatic carbocycles. The maximum atomic E-state index is 12.9. The number of hydrogen-bond donors (Lipinski definition) is 1. The zero-order valence-corrected chi connectivity index (χ0v) is 13.0. The van der Waals surface area contributed by atoms with Gasteiger partial charge in [0, 0.05) is 12.0 Å². The summed E-state index contributed by atoms with van der Waals surface area (Å²) in [6.07, 6.45) is -0.153. The number of benzene rings is 1. The average Bonchev–Trinajstić information content (AvgIpc) is 2.42. The van der Waals surface area contributed by atoms with Gasteiger partial charge in [-0.3, -0.25) is 0 Å². The van der Waals surface area contributed by atoms with Crippen molar-refractivity contribution in [2.45, 2.75) is 51.1 Å². The minimum atomic E-state index is -4.27. The second-order valence-corrected chi connectivity index (χ2v) is 6.45. The van der Waals surface area contributed by atoms with E-state index in [9.17, 15) is 13.2 Å². The van der Waals surface area contributed by atoms with E-state index in [-0.39, 0.29) is 5.41 Å². The van der Waals surface area contributed by atoms with E-state index in [4.69, 9.17) is 0 Å². The fraction of sp³-hybridized carbons (Fsp3) is 0.647. The van der Waals surface area contributed by atoms with Gasteiger partial charge in [-0.1, -0.05) is 44.9 Å². The second-order valence-electron chi connectivity index (χ2n) is 6.45. The van der Waals surface area contributed by atoms with Crippen molar-refractivity contribution in [3.05, 3.63) is 35.4 Å². The Balaban J connectivity index is 2.33. The minimum Gasteiger partial charge on any atom is -0.319 e. The monoisotopic (exact) mass is 299 g/mol. The summed E-state index contributed by atoms with van der Waals surface area (Å²) in [5.74, 6) is 0. The van der Waals surface area contributed by atoms with Gasteiger partial charge in [0.2, 0.25) is 0 Å². The second kappa shape index (κ2) is 5.64. The molecule has 0 spiro atoms. The zero-order valence-electron chi connectivity index (χ0n) is 13.0. The van der Waals surface area contributed by atoms with Crippen LogP contribution in [0.25, 0.3) is 0 Å². The zero-order chi connectivity index (χ0) is 15.7. The van der Waals surface area contributed by atoms with E-state index in [0.29, 0.717) is 5.41 Å². The molecule has 0 radical (unpaired) electrons. The number of alkyl halides is 3. The van der Waals surface area contributed by atoms with Crippen molar-refractivity contribution in [2.24, 2.45) is 5.41 Å². The van der Waals surface area contributed by atoms with E-state index < -0.39 is 11.7 Å². The Hall–Kier alpha value is -1.03. The van der Waals surface area contributed by atoms with Crippen LogP contribution in [-0.4, -0.2) is 13.6 Å². The molecular formula is C17H24F3N. The summed E-state index contributed by atoms with van der Waals surface area (Å²) in [7, 11) is 1.87. The van der Waals surface area contributed by atoms with Crippen molar-refractivity contribution < 1.29 is 13.2 Å². The molecule has 1 aromatic rings. The van der Waals surface area contributed by atoms with E-state index in [1.165, 1.54) is 12.1 Å². The Morgan fingerprint density at radius 1 is 1.14 bits per heavy atom. The molecule has 2 rings (SSSR count). The third-order valence-electron chi connectivity index (χ3n) is 5.24. The van der Waals surface area contributed by atoms with Gasteiger partial charge in [-0.05, 0) is 36.9 Å². The van der Waals surface area contributed by atoms with Crippen molar-refractivity contribution in [3.63, 3.8) is 0 Å². The largest absolute Gasteiger partial charge is 0.416 e. The molecule has 0 bridgehead atoms. The highest BCUT2D eigenvalue weighted by Gasteiger charge is 2.53. The summed E-state index contributed by atoms with van der Waals surface area (Å²) < 4.78 is 38.8. The fourth-order valence-electron chi connectivity index (χ4n) is 3.93. The van der Waals surface area contributed by atoms with Crippen molar-refractivity contribution in [1.82, 2.24) is 5.32 Å². The molecular weight excluding hydrogens is 275 g/mol. The molecule has 4 heteroatoms. The molecule has 0 aliphatic heterocycles. The van der Waals surface area contributed by atoms with Crippen molar-refractivity contribution >= 4 is 0 Å². The van der Waals surface area contributed by atoms with Crippen molar-refractivity contribution in [2.75, 3.05) is 13.6 Å². The van der Waals surface area contributed by atoms with Crippen LogP contribution in [0.3, 0.4) is 0 Å². The summed E-state index contributed by atoms with van der Waals surface area (Å²) in [4.78, 5) is 0. The highest BCUT2D eigenvalue weighted by Crippen LogP contribution is 2.59. The first-order valence-electron chi connectivity index (χ1n) is 7.63. The van der Waals surface area contributed by atoms with Crippen LogP contribution in [-0.2, 0) is 11.6 Å². The molecule has 0 saturated heterocycles. The van der Waals surface area contributed by atoms with Crippen molar-refractivity contribution in [1.29, 1.82) is 0 Å². The minimum absolute atomic E-state index is 0.151. The van der Waals surface area contributed by atoms with Gasteiger partial charge in [0.05, 0.1) is 5.56 Å². The topological polar surface area (TPSA) is 12.0 Å². The molecule has 1 saturated carbocycles. The SMILES string of the molecule is CCC1(CC)CC(CNC)(c2cccc(C(F)(F)F)c2)C1. The Kier molecular flexibility index (Phi) is 4.39. The van der Waals surface area contributed by atoms with E-state index in [0.717, 1.165) is 43.9 Å². The Morgan fingerprint density at radius 3 is 2.24 bits per heavy atom. The fourth-order valence-corrected chi connectivity index (χ4v) is 3.93. The van der Waals surface area contributed by atoms with Gasteiger partial charge in [0.1, 0.15) is 0 Å². The van der Waals surface area contributed by atoms with Crippen molar-refractivity contribution in [3.8, 4) is 0 Å². The van der Waals surface area contributed by atoms with Gasteiger partial charge in [0.25, 0.3) is 0 Å². The number of rotatable bonds is 5. The van der Waals surface area contributed by atoms with Gasteiger partial charge in [-0.15, -0.1) is 0 Å². The van der Waals surface area contributed by atoms with Crippen LogP contribution in [0.5, 0.6) is 0 Å². The summed E-state index contributed by atoms with van der Waals surface area (Å²) in [5.41, 5.74) is 0.429. The molecule has 1 aliphatic rings. The third kappa shape index (κ3) is 2.96. The van der Waals surface area contributed by atoms with Gasteiger partial charge in [-0.25, -0.2) is 0 Å². The first kappa shape index (κ1) is 16.3. The molecule has 0 heterocycles. The lowest BCUT2D eigenvalue weighted by Gasteiger charge is -2.57. The molecule has 0 amide bonds. The molecule has 1 fully saturated rings. The molecule has 0 unspecified atom stereocenters. The highest BCUT2D eigenvalue weighted by atomic mass is 19.4. The molecule has 1 aliphatic carbocycles. The predicted molar refractivity (Wildman–Crippen MR) is 79.3 cm³/mol. The third-order valence-corrected chi connectivity index (χ3v) is 5.24. The summed E-state index contributed by atoms with van der Waals surface area (Å²) >= 11 is 0. The van der Waals surface area contributed by atoms with Crippen LogP contribution in [0.4, 0.5) is 13.2 Å². The number of hydrogen-bond acceptors (Lipinski definition) is 1. The summed E-state index contributed by atoms with van der Waals surface area (Å²) in [6.45, 7) is 5.09. The Bertz CT molecular complexity index is 481. The van der Waals surface area contributed by atoms with Crippen LogP contribution >= 0.6 is 0 Å². The maximum Gasteiger partial charge on any atom is 0.416 e. The van der Waals surface area contributed by atoms with E-state index >= 15 is 0 Å². The summed E-state index contributed by atoms with van der Waals surface area (Å²) in [6, 6.07) is 5.88. The van der Waals surface area contributed by atoms with Crippen LogP contribution in [0, 0.1) is 5.41 Å². The molecule has 0 atom stereocenters.